The smallest absolute Gasteiger partial charge is 0.361 e. The SMILES string of the molecule is CCCCc1ccc(OS(=O)(=O)O)c(-c2ccccc2)c1CCCC. The van der Waals surface area contributed by atoms with Crippen LogP contribution in [0.1, 0.15) is 50.7 Å². The van der Waals surface area contributed by atoms with Gasteiger partial charge in [-0.1, -0.05) is 63.1 Å². The minimum Gasteiger partial charge on any atom is -0.361 e. The Labute approximate surface area is 150 Å². The van der Waals surface area contributed by atoms with Gasteiger partial charge in [-0.05, 0) is 48.4 Å². The van der Waals surface area contributed by atoms with Crippen LogP contribution in [-0.2, 0) is 23.2 Å². The van der Waals surface area contributed by atoms with Crippen LogP contribution < -0.4 is 4.18 Å². The Morgan fingerprint density at radius 2 is 1.56 bits per heavy atom. The second-order valence-corrected chi connectivity index (χ2v) is 7.18. The molecule has 0 amide bonds. The maximum absolute atomic E-state index is 11.3. The number of hydrogen-bond acceptors (Lipinski definition) is 3. The van der Waals surface area contributed by atoms with E-state index in [-0.39, 0.29) is 5.75 Å². The molecular weight excluding hydrogens is 336 g/mol. The summed E-state index contributed by atoms with van der Waals surface area (Å²) in [6.45, 7) is 4.28. The van der Waals surface area contributed by atoms with Gasteiger partial charge in [0.1, 0.15) is 0 Å². The van der Waals surface area contributed by atoms with Gasteiger partial charge >= 0.3 is 10.4 Å². The average molecular weight is 362 g/mol. The first-order valence-electron chi connectivity index (χ1n) is 8.83. The van der Waals surface area contributed by atoms with Crippen LogP contribution in [0.25, 0.3) is 11.1 Å². The van der Waals surface area contributed by atoms with Crippen molar-refractivity contribution in [3.05, 3.63) is 53.6 Å². The summed E-state index contributed by atoms with van der Waals surface area (Å²) in [6, 6.07) is 13.2. The summed E-state index contributed by atoms with van der Waals surface area (Å²) >= 11 is 0. The van der Waals surface area contributed by atoms with Gasteiger partial charge in [-0.2, -0.15) is 8.42 Å². The van der Waals surface area contributed by atoms with Crippen molar-refractivity contribution in [3.63, 3.8) is 0 Å². The van der Waals surface area contributed by atoms with Crippen LogP contribution in [0, 0.1) is 0 Å². The van der Waals surface area contributed by atoms with E-state index in [4.69, 9.17) is 4.18 Å². The van der Waals surface area contributed by atoms with E-state index in [1.54, 1.807) is 6.07 Å². The fourth-order valence-electron chi connectivity index (χ4n) is 3.01. The van der Waals surface area contributed by atoms with Crippen molar-refractivity contribution in [1.82, 2.24) is 0 Å². The maximum atomic E-state index is 11.3. The first kappa shape index (κ1) is 19.5. The lowest BCUT2D eigenvalue weighted by molar-refractivity contribution is 0.387. The quantitative estimate of drug-likeness (QED) is 0.621. The molecule has 4 nitrogen and oxygen atoms in total. The fraction of sp³-hybridized carbons (Fsp3) is 0.400. The monoisotopic (exact) mass is 362 g/mol. The van der Waals surface area contributed by atoms with Gasteiger partial charge in [0.25, 0.3) is 0 Å². The third-order valence-electron chi connectivity index (χ3n) is 4.21. The van der Waals surface area contributed by atoms with E-state index in [9.17, 15) is 13.0 Å². The molecule has 0 aliphatic rings. The number of benzene rings is 2. The van der Waals surface area contributed by atoms with Gasteiger partial charge in [-0.3, -0.25) is 4.55 Å². The highest BCUT2D eigenvalue weighted by Crippen LogP contribution is 2.37. The molecule has 0 aromatic heterocycles. The lowest BCUT2D eigenvalue weighted by Crippen LogP contribution is -2.09. The second-order valence-electron chi connectivity index (χ2n) is 6.16. The van der Waals surface area contributed by atoms with Gasteiger partial charge in [0, 0.05) is 5.56 Å². The van der Waals surface area contributed by atoms with Crippen molar-refractivity contribution in [2.75, 3.05) is 0 Å². The Morgan fingerprint density at radius 1 is 0.920 bits per heavy atom. The van der Waals surface area contributed by atoms with Gasteiger partial charge < -0.3 is 4.18 Å². The first-order chi connectivity index (χ1) is 12.0. The molecule has 0 aliphatic carbocycles. The van der Waals surface area contributed by atoms with Crippen LogP contribution in [-0.4, -0.2) is 13.0 Å². The average Bonchev–Trinajstić information content (AvgIpc) is 2.58. The summed E-state index contributed by atoms with van der Waals surface area (Å²) in [5.41, 5.74) is 3.99. The molecular formula is C20H26O4S. The van der Waals surface area contributed by atoms with Crippen molar-refractivity contribution < 1.29 is 17.2 Å². The Kier molecular flexibility index (Phi) is 7.02. The molecule has 0 saturated carbocycles. The Hall–Kier alpha value is -1.85. The minimum atomic E-state index is -4.57. The van der Waals surface area contributed by atoms with E-state index in [0.29, 0.717) is 0 Å². The first-order valence-corrected chi connectivity index (χ1v) is 10.2. The number of unbranched alkanes of at least 4 members (excludes halogenated alkanes) is 2. The molecule has 1 N–H and O–H groups in total. The fourth-order valence-corrected chi connectivity index (χ4v) is 3.38. The van der Waals surface area contributed by atoms with Gasteiger partial charge in [-0.15, -0.1) is 0 Å². The zero-order valence-electron chi connectivity index (χ0n) is 14.9. The highest BCUT2D eigenvalue weighted by molar-refractivity contribution is 7.81. The summed E-state index contributed by atoms with van der Waals surface area (Å²) in [5, 5.41) is 0. The molecule has 0 atom stereocenters. The molecule has 0 saturated heterocycles. The maximum Gasteiger partial charge on any atom is 0.446 e. The van der Waals surface area contributed by atoms with Crippen molar-refractivity contribution in [3.8, 4) is 16.9 Å². The summed E-state index contributed by atoms with van der Waals surface area (Å²) in [5.74, 6) is 0.181. The normalized spacial score (nSPS) is 11.5. The molecule has 2 rings (SSSR count). The largest absolute Gasteiger partial charge is 0.446 e. The van der Waals surface area contributed by atoms with E-state index < -0.39 is 10.4 Å². The van der Waals surface area contributed by atoms with E-state index in [1.165, 1.54) is 5.56 Å². The van der Waals surface area contributed by atoms with Crippen LogP contribution in [0.4, 0.5) is 0 Å². The molecule has 0 bridgehead atoms. The third kappa shape index (κ3) is 5.58. The summed E-state index contributed by atoms with van der Waals surface area (Å²) in [7, 11) is -4.57. The highest BCUT2D eigenvalue weighted by atomic mass is 32.3. The number of aryl methyl sites for hydroxylation is 1. The number of rotatable bonds is 9. The molecule has 0 aliphatic heterocycles. The molecule has 2 aromatic rings. The lowest BCUT2D eigenvalue weighted by atomic mass is 9.89. The minimum absolute atomic E-state index is 0.181. The van der Waals surface area contributed by atoms with Crippen molar-refractivity contribution in [2.24, 2.45) is 0 Å². The lowest BCUT2D eigenvalue weighted by Gasteiger charge is -2.18. The summed E-state index contributed by atoms with van der Waals surface area (Å²) in [4.78, 5) is 0. The molecule has 25 heavy (non-hydrogen) atoms. The van der Waals surface area contributed by atoms with Crippen LogP contribution in [0.15, 0.2) is 42.5 Å². The third-order valence-corrected chi connectivity index (χ3v) is 4.60. The molecule has 2 aromatic carbocycles. The van der Waals surface area contributed by atoms with Gasteiger partial charge in [0.05, 0.1) is 0 Å². The van der Waals surface area contributed by atoms with Gasteiger partial charge in [0.2, 0.25) is 0 Å². The molecule has 5 heteroatoms. The summed E-state index contributed by atoms with van der Waals surface area (Å²) < 4.78 is 36.7. The molecule has 136 valence electrons. The predicted octanol–water partition coefficient (Wildman–Crippen LogP) is 5.22. The van der Waals surface area contributed by atoms with Crippen LogP contribution in [0.2, 0.25) is 0 Å². The number of hydrogen-bond donors (Lipinski definition) is 1. The molecule has 0 unspecified atom stereocenters. The molecule has 0 radical (unpaired) electrons. The van der Waals surface area contributed by atoms with Crippen molar-refractivity contribution in [1.29, 1.82) is 0 Å². The summed E-state index contributed by atoms with van der Waals surface area (Å²) in [6.07, 6.45) is 6.02. The zero-order valence-corrected chi connectivity index (χ0v) is 15.7. The predicted molar refractivity (Wildman–Crippen MR) is 101 cm³/mol. The van der Waals surface area contributed by atoms with E-state index >= 15 is 0 Å². The van der Waals surface area contributed by atoms with Crippen LogP contribution >= 0.6 is 0 Å². The molecule has 0 spiro atoms. The van der Waals surface area contributed by atoms with Crippen LogP contribution in [0.5, 0.6) is 5.75 Å². The van der Waals surface area contributed by atoms with E-state index in [2.05, 4.69) is 13.8 Å². The Bertz CT molecular complexity index is 783. The zero-order chi connectivity index (χ0) is 18.3. The van der Waals surface area contributed by atoms with Crippen molar-refractivity contribution in [2.45, 2.75) is 52.4 Å². The Balaban J connectivity index is 2.64. The molecule has 0 fully saturated rings. The second kappa shape index (κ2) is 9.02. The van der Waals surface area contributed by atoms with E-state index in [1.807, 2.05) is 36.4 Å². The molecule has 0 heterocycles. The van der Waals surface area contributed by atoms with Gasteiger partial charge in [-0.25, -0.2) is 0 Å². The van der Waals surface area contributed by atoms with Gasteiger partial charge in [0.15, 0.2) is 5.75 Å². The topological polar surface area (TPSA) is 63.6 Å². The van der Waals surface area contributed by atoms with Crippen molar-refractivity contribution >= 4 is 10.4 Å². The van der Waals surface area contributed by atoms with E-state index in [0.717, 1.165) is 55.2 Å². The Morgan fingerprint density at radius 3 is 2.16 bits per heavy atom. The highest BCUT2D eigenvalue weighted by Gasteiger charge is 2.19. The van der Waals surface area contributed by atoms with Crippen LogP contribution in [0.3, 0.4) is 0 Å². The standard InChI is InChI=1S/C20H26O4S/c1-3-5-10-16-14-15-19(24-25(21,22)23)20(18(16)13-6-4-2)17-11-8-7-9-12-17/h7-9,11-12,14-15H,3-6,10,13H2,1-2H3,(H,21,22,23).